The molecule has 0 saturated heterocycles. The first kappa shape index (κ1) is 18.0. The van der Waals surface area contributed by atoms with Crippen molar-refractivity contribution < 1.29 is 0 Å². The fraction of sp³-hybridized carbons (Fsp3) is 0.438. The van der Waals surface area contributed by atoms with E-state index in [1.807, 2.05) is 11.7 Å². The van der Waals surface area contributed by atoms with Gasteiger partial charge in [0.15, 0.2) is 0 Å². The topological polar surface area (TPSA) is 43.8 Å². The highest BCUT2D eigenvalue weighted by Crippen LogP contribution is 2.34. The molecule has 2 aromatic rings. The Morgan fingerprint density at radius 2 is 1.95 bits per heavy atom. The SMILES string of the molecule is Cc1nn(C)c(C)c1-c1cccc2c1CC[C@H](N)C2.Cl.Cl. The summed E-state index contributed by atoms with van der Waals surface area (Å²) in [6.07, 6.45) is 3.17. The molecule has 1 atom stereocenters. The highest BCUT2D eigenvalue weighted by Gasteiger charge is 2.21. The van der Waals surface area contributed by atoms with Crippen LogP contribution in [0, 0.1) is 13.8 Å². The number of nitrogens with two attached hydrogens (primary N) is 1. The third kappa shape index (κ3) is 3.10. The Morgan fingerprint density at radius 3 is 2.57 bits per heavy atom. The maximum Gasteiger partial charge on any atom is 0.0674 e. The van der Waals surface area contributed by atoms with E-state index in [1.54, 1.807) is 0 Å². The summed E-state index contributed by atoms with van der Waals surface area (Å²) in [5.41, 5.74) is 14.0. The Balaban J connectivity index is 0.00000110. The molecule has 1 aromatic carbocycles. The van der Waals surface area contributed by atoms with Gasteiger partial charge in [-0.1, -0.05) is 18.2 Å². The van der Waals surface area contributed by atoms with Gasteiger partial charge in [-0.2, -0.15) is 5.10 Å². The van der Waals surface area contributed by atoms with Crippen molar-refractivity contribution in [1.82, 2.24) is 9.78 Å². The minimum atomic E-state index is 0. The van der Waals surface area contributed by atoms with Crippen LogP contribution in [0.3, 0.4) is 0 Å². The van der Waals surface area contributed by atoms with Crippen LogP contribution in [0.2, 0.25) is 0 Å². The average Bonchev–Trinajstić information content (AvgIpc) is 2.62. The molecule has 1 aromatic heterocycles. The smallest absolute Gasteiger partial charge is 0.0674 e. The van der Waals surface area contributed by atoms with E-state index in [1.165, 1.54) is 27.9 Å². The van der Waals surface area contributed by atoms with Crippen molar-refractivity contribution in [2.24, 2.45) is 12.8 Å². The third-order valence-electron chi connectivity index (χ3n) is 4.30. The summed E-state index contributed by atoms with van der Waals surface area (Å²) in [5, 5.41) is 4.54. The standard InChI is InChI=1S/C16H21N3.2ClH/c1-10-16(11(2)19(3)18-10)15-6-4-5-12-9-13(17)7-8-14(12)15;;/h4-6,13H,7-9,17H2,1-3H3;2*1H/t13-;;/m0../s1. The molecule has 0 fully saturated rings. The fourth-order valence-electron chi connectivity index (χ4n) is 3.23. The molecule has 1 aliphatic rings. The quantitative estimate of drug-likeness (QED) is 0.872. The van der Waals surface area contributed by atoms with Crippen molar-refractivity contribution in [3.05, 3.63) is 40.7 Å². The summed E-state index contributed by atoms with van der Waals surface area (Å²) in [6, 6.07) is 6.92. The van der Waals surface area contributed by atoms with Gasteiger partial charge in [-0.25, -0.2) is 0 Å². The number of aryl methyl sites for hydroxylation is 2. The van der Waals surface area contributed by atoms with Crippen LogP contribution >= 0.6 is 24.8 Å². The average molecular weight is 328 g/mol. The zero-order chi connectivity index (χ0) is 13.6. The van der Waals surface area contributed by atoms with Crippen molar-refractivity contribution >= 4 is 24.8 Å². The molecule has 0 unspecified atom stereocenters. The first-order valence-corrected chi connectivity index (χ1v) is 6.95. The molecule has 0 amide bonds. The lowest BCUT2D eigenvalue weighted by Crippen LogP contribution is -2.28. The number of fused-ring (bicyclic) bond motifs is 1. The molecule has 5 heteroatoms. The zero-order valence-electron chi connectivity index (χ0n) is 12.7. The molecular weight excluding hydrogens is 305 g/mol. The minimum absolute atomic E-state index is 0. The number of aromatic nitrogens is 2. The van der Waals surface area contributed by atoms with E-state index in [4.69, 9.17) is 5.73 Å². The lowest BCUT2D eigenvalue weighted by Gasteiger charge is -2.24. The number of rotatable bonds is 1. The molecule has 3 rings (SSSR count). The van der Waals surface area contributed by atoms with E-state index >= 15 is 0 Å². The summed E-state index contributed by atoms with van der Waals surface area (Å²) in [6.45, 7) is 4.24. The van der Waals surface area contributed by atoms with Crippen molar-refractivity contribution in [3.8, 4) is 11.1 Å². The second-order valence-corrected chi connectivity index (χ2v) is 5.62. The van der Waals surface area contributed by atoms with Gasteiger partial charge in [0.25, 0.3) is 0 Å². The van der Waals surface area contributed by atoms with Crippen molar-refractivity contribution in [2.45, 2.75) is 39.2 Å². The van der Waals surface area contributed by atoms with E-state index in [9.17, 15) is 0 Å². The van der Waals surface area contributed by atoms with E-state index in [0.717, 1.165) is 25.0 Å². The molecule has 21 heavy (non-hydrogen) atoms. The van der Waals surface area contributed by atoms with E-state index in [2.05, 4.69) is 37.1 Å². The first-order chi connectivity index (χ1) is 9.08. The van der Waals surface area contributed by atoms with Crippen LogP contribution in [0.1, 0.15) is 28.9 Å². The molecule has 0 radical (unpaired) electrons. The van der Waals surface area contributed by atoms with Crippen molar-refractivity contribution in [2.75, 3.05) is 0 Å². The molecule has 0 saturated carbocycles. The Kier molecular flexibility index (Phi) is 5.85. The van der Waals surface area contributed by atoms with E-state index < -0.39 is 0 Å². The lowest BCUT2D eigenvalue weighted by atomic mass is 9.83. The molecule has 1 heterocycles. The van der Waals surface area contributed by atoms with Gasteiger partial charge in [0, 0.05) is 24.3 Å². The van der Waals surface area contributed by atoms with Gasteiger partial charge < -0.3 is 5.73 Å². The predicted octanol–water partition coefficient (Wildman–Crippen LogP) is 3.36. The van der Waals surface area contributed by atoms with Gasteiger partial charge in [0.05, 0.1) is 5.69 Å². The fourth-order valence-corrected chi connectivity index (χ4v) is 3.23. The second kappa shape index (κ2) is 6.82. The monoisotopic (exact) mass is 327 g/mol. The minimum Gasteiger partial charge on any atom is -0.327 e. The number of benzene rings is 1. The molecule has 0 spiro atoms. The Morgan fingerprint density at radius 1 is 1.24 bits per heavy atom. The lowest BCUT2D eigenvalue weighted by molar-refractivity contribution is 0.577. The van der Waals surface area contributed by atoms with Gasteiger partial charge in [-0.05, 0) is 49.8 Å². The van der Waals surface area contributed by atoms with Gasteiger partial charge in [0.1, 0.15) is 0 Å². The van der Waals surface area contributed by atoms with Crippen LogP contribution in [-0.2, 0) is 19.9 Å². The third-order valence-corrected chi connectivity index (χ3v) is 4.30. The van der Waals surface area contributed by atoms with Gasteiger partial charge in [-0.15, -0.1) is 24.8 Å². The van der Waals surface area contributed by atoms with Crippen molar-refractivity contribution in [3.63, 3.8) is 0 Å². The molecule has 2 N–H and O–H groups in total. The molecule has 0 bridgehead atoms. The van der Waals surface area contributed by atoms with Crippen LogP contribution in [0.25, 0.3) is 11.1 Å². The normalized spacial score (nSPS) is 16.7. The number of halogens is 2. The number of nitrogens with zero attached hydrogens (tertiary/aromatic N) is 2. The van der Waals surface area contributed by atoms with Crippen molar-refractivity contribution in [1.29, 1.82) is 0 Å². The van der Waals surface area contributed by atoms with E-state index in [-0.39, 0.29) is 24.8 Å². The number of hydrogen-bond acceptors (Lipinski definition) is 2. The summed E-state index contributed by atoms with van der Waals surface area (Å²) in [5.74, 6) is 0. The summed E-state index contributed by atoms with van der Waals surface area (Å²) >= 11 is 0. The molecular formula is C16H23Cl2N3. The summed E-state index contributed by atoms with van der Waals surface area (Å²) in [7, 11) is 2.01. The van der Waals surface area contributed by atoms with Crippen LogP contribution in [0.5, 0.6) is 0 Å². The number of hydrogen-bond donors (Lipinski definition) is 1. The highest BCUT2D eigenvalue weighted by molar-refractivity contribution is 5.85. The maximum absolute atomic E-state index is 6.09. The summed E-state index contributed by atoms with van der Waals surface area (Å²) in [4.78, 5) is 0. The Bertz CT molecular complexity index is 635. The molecule has 116 valence electrons. The van der Waals surface area contributed by atoms with Crippen LogP contribution in [0.15, 0.2) is 18.2 Å². The molecule has 0 aliphatic heterocycles. The van der Waals surface area contributed by atoms with Crippen LogP contribution in [0.4, 0.5) is 0 Å². The molecule has 3 nitrogen and oxygen atoms in total. The van der Waals surface area contributed by atoms with Gasteiger partial charge in [-0.3, -0.25) is 4.68 Å². The van der Waals surface area contributed by atoms with E-state index in [0.29, 0.717) is 6.04 Å². The maximum atomic E-state index is 6.09. The van der Waals surface area contributed by atoms with Crippen LogP contribution in [-0.4, -0.2) is 15.8 Å². The highest BCUT2D eigenvalue weighted by atomic mass is 35.5. The van der Waals surface area contributed by atoms with Gasteiger partial charge in [0.2, 0.25) is 0 Å². The Labute approximate surface area is 138 Å². The first-order valence-electron chi connectivity index (χ1n) is 6.95. The Hall–Kier alpha value is -1.03. The zero-order valence-corrected chi connectivity index (χ0v) is 14.4. The molecule has 1 aliphatic carbocycles. The van der Waals surface area contributed by atoms with Gasteiger partial charge >= 0.3 is 0 Å². The summed E-state index contributed by atoms with van der Waals surface area (Å²) < 4.78 is 1.97. The predicted molar refractivity (Wildman–Crippen MR) is 92.6 cm³/mol. The second-order valence-electron chi connectivity index (χ2n) is 5.62. The van der Waals surface area contributed by atoms with Crippen LogP contribution < -0.4 is 5.73 Å². The largest absolute Gasteiger partial charge is 0.327 e.